The second-order valence-electron chi connectivity index (χ2n) is 5.95. The Morgan fingerprint density at radius 1 is 0.905 bits per heavy atom. The van der Waals surface area contributed by atoms with Gasteiger partial charge in [-0.2, -0.15) is 13.2 Å². The number of rotatable bonds is 1. The monoisotopic (exact) mass is 308 g/mol. The SMILES string of the molecule is CC1(C)OB(c2cc(F)c(C(F)(F)F)c(F)c2)OC1(C)C. The van der Waals surface area contributed by atoms with E-state index in [0.29, 0.717) is 12.1 Å². The summed E-state index contributed by atoms with van der Waals surface area (Å²) >= 11 is 0. The molecular weight excluding hydrogens is 294 g/mol. The van der Waals surface area contributed by atoms with Crippen molar-refractivity contribution in [1.82, 2.24) is 0 Å². The molecule has 0 radical (unpaired) electrons. The Bertz CT molecular complexity index is 529. The topological polar surface area (TPSA) is 18.5 Å². The van der Waals surface area contributed by atoms with Gasteiger partial charge < -0.3 is 9.31 Å². The van der Waals surface area contributed by atoms with E-state index in [1.54, 1.807) is 27.7 Å². The maximum absolute atomic E-state index is 13.6. The third kappa shape index (κ3) is 2.79. The number of hydrogen-bond acceptors (Lipinski definition) is 2. The minimum absolute atomic E-state index is 0.128. The molecule has 1 saturated heterocycles. The predicted molar refractivity (Wildman–Crippen MR) is 67.1 cm³/mol. The quantitative estimate of drug-likeness (QED) is 0.585. The average molecular weight is 308 g/mol. The van der Waals surface area contributed by atoms with E-state index in [9.17, 15) is 22.0 Å². The highest BCUT2D eigenvalue weighted by molar-refractivity contribution is 6.62. The molecule has 0 saturated carbocycles. The lowest BCUT2D eigenvalue weighted by molar-refractivity contribution is -0.142. The lowest BCUT2D eigenvalue weighted by Crippen LogP contribution is -2.41. The molecule has 0 amide bonds. The van der Waals surface area contributed by atoms with Gasteiger partial charge in [0.1, 0.15) is 17.2 Å². The molecule has 8 heteroatoms. The predicted octanol–water partition coefficient (Wildman–Crippen LogP) is 3.28. The Morgan fingerprint density at radius 2 is 1.29 bits per heavy atom. The second-order valence-corrected chi connectivity index (χ2v) is 5.95. The summed E-state index contributed by atoms with van der Waals surface area (Å²) in [7, 11) is -1.12. The third-order valence-corrected chi connectivity index (χ3v) is 3.87. The Kier molecular flexibility index (Phi) is 3.61. The van der Waals surface area contributed by atoms with Crippen LogP contribution < -0.4 is 5.46 Å². The van der Waals surface area contributed by atoms with Crippen molar-refractivity contribution >= 4 is 12.6 Å². The molecule has 0 aliphatic carbocycles. The van der Waals surface area contributed by atoms with Crippen molar-refractivity contribution in [3.8, 4) is 0 Å². The first-order chi connectivity index (χ1) is 9.35. The van der Waals surface area contributed by atoms with Crippen LogP contribution in [-0.2, 0) is 15.5 Å². The van der Waals surface area contributed by atoms with E-state index in [0.717, 1.165) is 0 Å². The van der Waals surface area contributed by atoms with Crippen molar-refractivity contribution in [2.45, 2.75) is 45.1 Å². The summed E-state index contributed by atoms with van der Waals surface area (Å²) in [4.78, 5) is 0. The lowest BCUT2D eigenvalue weighted by Gasteiger charge is -2.32. The van der Waals surface area contributed by atoms with Gasteiger partial charge in [0, 0.05) is 0 Å². The van der Waals surface area contributed by atoms with Crippen molar-refractivity contribution in [1.29, 1.82) is 0 Å². The molecule has 0 atom stereocenters. The van der Waals surface area contributed by atoms with Gasteiger partial charge in [-0.1, -0.05) is 0 Å². The van der Waals surface area contributed by atoms with E-state index in [2.05, 4.69) is 0 Å². The number of benzene rings is 1. The fraction of sp³-hybridized carbons (Fsp3) is 0.538. The minimum Gasteiger partial charge on any atom is -0.399 e. The highest BCUT2D eigenvalue weighted by atomic mass is 19.4. The van der Waals surface area contributed by atoms with Crippen LogP contribution in [0.2, 0.25) is 0 Å². The van der Waals surface area contributed by atoms with Gasteiger partial charge in [-0.05, 0) is 45.3 Å². The number of halogens is 5. The zero-order valence-electron chi connectivity index (χ0n) is 11.9. The Hall–Kier alpha value is -1.15. The van der Waals surface area contributed by atoms with Crippen molar-refractivity contribution in [3.05, 3.63) is 29.3 Å². The first-order valence-electron chi connectivity index (χ1n) is 6.27. The van der Waals surface area contributed by atoms with E-state index >= 15 is 0 Å². The molecule has 1 aliphatic rings. The number of hydrogen-bond donors (Lipinski definition) is 0. The molecular formula is C13H14BF5O2. The van der Waals surface area contributed by atoms with Crippen LogP contribution in [0.4, 0.5) is 22.0 Å². The maximum Gasteiger partial charge on any atom is 0.495 e. The van der Waals surface area contributed by atoms with Gasteiger partial charge in [-0.3, -0.25) is 0 Å². The van der Waals surface area contributed by atoms with Crippen molar-refractivity contribution in [2.24, 2.45) is 0 Å². The lowest BCUT2D eigenvalue weighted by atomic mass is 9.78. The van der Waals surface area contributed by atoms with Gasteiger partial charge in [-0.15, -0.1) is 0 Å². The molecule has 1 fully saturated rings. The first kappa shape index (κ1) is 16.2. The molecule has 116 valence electrons. The zero-order chi connectivity index (χ0) is 16.2. The molecule has 0 bridgehead atoms. The number of alkyl halides is 3. The van der Waals surface area contributed by atoms with E-state index < -0.39 is 41.7 Å². The van der Waals surface area contributed by atoms with Crippen LogP contribution >= 0.6 is 0 Å². The Balaban J connectivity index is 2.41. The van der Waals surface area contributed by atoms with E-state index in [1.807, 2.05) is 0 Å². The molecule has 0 aromatic heterocycles. The van der Waals surface area contributed by atoms with Crippen LogP contribution in [0.1, 0.15) is 33.3 Å². The van der Waals surface area contributed by atoms with Crippen LogP contribution in [-0.4, -0.2) is 18.3 Å². The van der Waals surface area contributed by atoms with Crippen molar-refractivity contribution in [2.75, 3.05) is 0 Å². The molecule has 1 aromatic carbocycles. The highest BCUT2D eigenvalue weighted by Crippen LogP contribution is 2.37. The van der Waals surface area contributed by atoms with E-state index in [-0.39, 0.29) is 5.46 Å². The fourth-order valence-electron chi connectivity index (χ4n) is 1.98. The van der Waals surface area contributed by atoms with Gasteiger partial charge in [0.05, 0.1) is 11.2 Å². The summed E-state index contributed by atoms with van der Waals surface area (Å²) in [6.07, 6.45) is -5.09. The Labute approximate surface area is 119 Å². The van der Waals surface area contributed by atoms with Crippen LogP contribution in [0.5, 0.6) is 0 Å². The standard InChI is InChI=1S/C13H14BF5O2/c1-11(2)12(3,4)21-14(20-11)7-5-8(15)10(9(16)6-7)13(17,18)19/h5-6H,1-4H3. The van der Waals surface area contributed by atoms with Crippen LogP contribution in [0, 0.1) is 11.6 Å². The Morgan fingerprint density at radius 3 is 1.62 bits per heavy atom. The van der Waals surface area contributed by atoms with Crippen molar-refractivity contribution in [3.63, 3.8) is 0 Å². The van der Waals surface area contributed by atoms with E-state index in [1.165, 1.54) is 0 Å². The van der Waals surface area contributed by atoms with Gasteiger partial charge in [0.25, 0.3) is 0 Å². The summed E-state index contributed by atoms with van der Waals surface area (Å²) in [5, 5.41) is 0. The average Bonchev–Trinajstić information content (AvgIpc) is 2.44. The molecule has 1 aliphatic heterocycles. The van der Waals surface area contributed by atoms with Crippen LogP contribution in [0.3, 0.4) is 0 Å². The normalized spacial score (nSPS) is 20.9. The summed E-state index contributed by atoms with van der Waals surface area (Å²) < 4.78 is 75.8. The fourth-order valence-corrected chi connectivity index (χ4v) is 1.98. The summed E-state index contributed by atoms with van der Waals surface area (Å²) in [6.45, 7) is 6.90. The zero-order valence-corrected chi connectivity index (χ0v) is 11.9. The molecule has 1 aromatic rings. The molecule has 21 heavy (non-hydrogen) atoms. The minimum atomic E-state index is -5.09. The van der Waals surface area contributed by atoms with Crippen molar-refractivity contribution < 1.29 is 31.3 Å². The smallest absolute Gasteiger partial charge is 0.399 e. The largest absolute Gasteiger partial charge is 0.495 e. The molecule has 2 nitrogen and oxygen atoms in total. The second kappa shape index (κ2) is 4.68. The van der Waals surface area contributed by atoms with Gasteiger partial charge in [-0.25, -0.2) is 8.78 Å². The maximum atomic E-state index is 13.6. The first-order valence-corrected chi connectivity index (χ1v) is 6.27. The van der Waals surface area contributed by atoms with Gasteiger partial charge >= 0.3 is 13.3 Å². The molecule has 2 rings (SSSR count). The third-order valence-electron chi connectivity index (χ3n) is 3.87. The molecule has 0 unspecified atom stereocenters. The molecule has 0 spiro atoms. The summed E-state index contributed by atoms with van der Waals surface area (Å²) in [5.41, 5.74) is -3.56. The van der Waals surface area contributed by atoms with E-state index in [4.69, 9.17) is 9.31 Å². The van der Waals surface area contributed by atoms with Gasteiger partial charge in [0.15, 0.2) is 0 Å². The van der Waals surface area contributed by atoms with Crippen LogP contribution in [0.25, 0.3) is 0 Å². The van der Waals surface area contributed by atoms with Gasteiger partial charge in [0.2, 0.25) is 0 Å². The van der Waals surface area contributed by atoms with Crippen LogP contribution in [0.15, 0.2) is 12.1 Å². The summed E-state index contributed by atoms with van der Waals surface area (Å²) in [5.74, 6) is -3.38. The summed E-state index contributed by atoms with van der Waals surface area (Å²) in [6, 6.07) is 1.18. The highest BCUT2D eigenvalue weighted by Gasteiger charge is 2.52. The molecule has 1 heterocycles. The molecule has 0 N–H and O–H groups in total.